The summed E-state index contributed by atoms with van der Waals surface area (Å²) in [5.41, 5.74) is 17.5. The normalized spacial score (nSPS) is 12.5. The van der Waals surface area contributed by atoms with E-state index in [1.54, 1.807) is 0 Å². The maximum atomic E-state index is 2.46. The van der Waals surface area contributed by atoms with Gasteiger partial charge < -0.3 is 4.90 Å². The van der Waals surface area contributed by atoms with Crippen molar-refractivity contribution in [2.75, 3.05) is 4.90 Å². The van der Waals surface area contributed by atoms with Crippen molar-refractivity contribution in [3.05, 3.63) is 271 Å². The molecule has 60 heavy (non-hydrogen) atoms. The van der Waals surface area contributed by atoms with Crippen LogP contribution < -0.4 is 4.90 Å². The van der Waals surface area contributed by atoms with Gasteiger partial charge in [-0.3, -0.25) is 0 Å². The molecule has 0 unspecified atom stereocenters. The lowest BCUT2D eigenvalue weighted by Crippen LogP contribution is -2.28. The van der Waals surface area contributed by atoms with Crippen LogP contribution in [0.15, 0.2) is 249 Å². The van der Waals surface area contributed by atoms with E-state index in [0.29, 0.717) is 0 Å². The SMILES string of the molecule is c1ccc(-c2ccc(N(c3ccc(-c4ccc5ccccc5c4)cc3)c3ccc4c(c3)C(c3ccccc3)(c3ccccc3)c3ccccc3-4)c(-c3ccccc3)c2)cc1. The van der Waals surface area contributed by atoms with Crippen molar-refractivity contribution in [1.82, 2.24) is 0 Å². The Balaban J connectivity index is 1.16. The molecule has 0 spiro atoms. The van der Waals surface area contributed by atoms with Crippen LogP contribution >= 0.6 is 0 Å². The summed E-state index contributed by atoms with van der Waals surface area (Å²) in [5, 5.41) is 2.49. The zero-order valence-corrected chi connectivity index (χ0v) is 33.1. The number of hydrogen-bond acceptors (Lipinski definition) is 1. The van der Waals surface area contributed by atoms with Gasteiger partial charge in [0.25, 0.3) is 0 Å². The molecule has 0 heterocycles. The second-order valence-electron chi connectivity index (χ2n) is 15.7. The standard InChI is InChI=1S/C59H41N/c1-5-17-42(18-6-1)48-33-38-58(55(40-48)45-20-7-2-8-21-45)60(51-34-31-44(32-35-51)47-30-29-43-19-13-14-22-46(43)39-47)52-36-37-54-53-27-15-16-28-56(53)59(57(54)41-52,49-23-9-3-10-24-49)50-25-11-4-12-26-50/h1-41H. The first-order valence-electron chi connectivity index (χ1n) is 20.8. The van der Waals surface area contributed by atoms with Crippen molar-refractivity contribution in [2.45, 2.75) is 5.41 Å². The van der Waals surface area contributed by atoms with Crippen LogP contribution in [0.1, 0.15) is 22.3 Å². The minimum absolute atomic E-state index is 0.518. The highest BCUT2D eigenvalue weighted by atomic mass is 15.1. The molecule has 11 rings (SSSR count). The lowest BCUT2D eigenvalue weighted by atomic mass is 9.67. The van der Waals surface area contributed by atoms with E-state index >= 15 is 0 Å². The molecule has 1 heteroatoms. The fraction of sp³-hybridized carbons (Fsp3) is 0.0169. The number of anilines is 3. The van der Waals surface area contributed by atoms with Gasteiger partial charge in [0.15, 0.2) is 0 Å². The van der Waals surface area contributed by atoms with Crippen molar-refractivity contribution >= 4 is 27.8 Å². The molecule has 1 aliphatic carbocycles. The minimum atomic E-state index is -0.518. The predicted molar refractivity (Wildman–Crippen MR) is 252 cm³/mol. The molecule has 0 aliphatic heterocycles. The van der Waals surface area contributed by atoms with E-state index < -0.39 is 5.41 Å². The topological polar surface area (TPSA) is 3.24 Å². The van der Waals surface area contributed by atoms with Gasteiger partial charge in [-0.15, -0.1) is 0 Å². The quantitative estimate of drug-likeness (QED) is 0.149. The third-order valence-electron chi connectivity index (χ3n) is 12.3. The van der Waals surface area contributed by atoms with Crippen LogP contribution in [0.5, 0.6) is 0 Å². The van der Waals surface area contributed by atoms with Crippen molar-refractivity contribution in [3.8, 4) is 44.5 Å². The van der Waals surface area contributed by atoms with Crippen molar-refractivity contribution < 1.29 is 0 Å². The molecule has 10 aromatic carbocycles. The molecule has 0 saturated heterocycles. The lowest BCUT2D eigenvalue weighted by Gasteiger charge is -2.35. The first kappa shape index (κ1) is 35.4. The summed E-state index contributed by atoms with van der Waals surface area (Å²) in [7, 11) is 0. The van der Waals surface area contributed by atoms with Gasteiger partial charge in [-0.05, 0) is 114 Å². The van der Waals surface area contributed by atoms with Gasteiger partial charge in [0.2, 0.25) is 0 Å². The van der Waals surface area contributed by atoms with E-state index in [-0.39, 0.29) is 0 Å². The van der Waals surface area contributed by atoms with Gasteiger partial charge in [0.05, 0.1) is 11.1 Å². The monoisotopic (exact) mass is 763 g/mol. The molecule has 1 nitrogen and oxygen atoms in total. The number of nitrogens with zero attached hydrogens (tertiary/aromatic N) is 1. The van der Waals surface area contributed by atoms with Crippen LogP contribution in [0.25, 0.3) is 55.3 Å². The minimum Gasteiger partial charge on any atom is -0.310 e. The Hall–Kier alpha value is -7.74. The third kappa shape index (κ3) is 5.94. The number of hydrogen-bond donors (Lipinski definition) is 0. The number of rotatable bonds is 8. The first-order chi connectivity index (χ1) is 29.8. The van der Waals surface area contributed by atoms with E-state index in [1.165, 1.54) is 72.0 Å². The van der Waals surface area contributed by atoms with Gasteiger partial charge in [0, 0.05) is 16.9 Å². The largest absolute Gasteiger partial charge is 0.310 e. The fourth-order valence-corrected chi connectivity index (χ4v) is 9.56. The Morgan fingerprint density at radius 3 is 1.47 bits per heavy atom. The van der Waals surface area contributed by atoms with E-state index in [4.69, 9.17) is 0 Å². The molecule has 0 atom stereocenters. The third-order valence-corrected chi connectivity index (χ3v) is 12.3. The summed E-state index contributed by atoms with van der Waals surface area (Å²) < 4.78 is 0. The zero-order valence-electron chi connectivity index (χ0n) is 33.1. The lowest BCUT2D eigenvalue weighted by molar-refractivity contribution is 0.768. The zero-order chi connectivity index (χ0) is 39.9. The van der Waals surface area contributed by atoms with E-state index in [9.17, 15) is 0 Å². The Kier molecular flexibility index (Phi) is 8.79. The van der Waals surface area contributed by atoms with E-state index in [2.05, 4.69) is 254 Å². The van der Waals surface area contributed by atoms with Crippen LogP contribution in [0, 0.1) is 0 Å². The maximum absolute atomic E-state index is 2.46. The summed E-state index contributed by atoms with van der Waals surface area (Å²) in [6.45, 7) is 0. The van der Waals surface area contributed by atoms with Gasteiger partial charge >= 0.3 is 0 Å². The molecule has 0 N–H and O–H groups in total. The second kappa shape index (κ2) is 14.9. The summed E-state index contributed by atoms with van der Waals surface area (Å²) >= 11 is 0. The van der Waals surface area contributed by atoms with Crippen molar-refractivity contribution in [1.29, 1.82) is 0 Å². The molecule has 0 radical (unpaired) electrons. The fourth-order valence-electron chi connectivity index (χ4n) is 9.56. The van der Waals surface area contributed by atoms with Gasteiger partial charge in [-0.2, -0.15) is 0 Å². The van der Waals surface area contributed by atoms with E-state index in [1.807, 2.05) is 0 Å². The van der Waals surface area contributed by atoms with Gasteiger partial charge in [0.1, 0.15) is 0 Å². The van der Waals surface area contributed by atoms with Crippen LogP contribution in [0.2, 0.25) is 0 Å². The highest BCUT2D eigenvalue weighted by molar-refractivity contribution is 5.94. The van der Waals surface area contributed by atoms with Crippen LogP contribution in [0.4, 0.5) is 17.1 Å². The Morgan fingerprint density at radius 2 is 0.767 bits per heavy atom. The second-order valence-corrected chi connectivity index (χ2v) is 15.7. The molecule has 1 aliphatic rings. The molecular weight excluding hydrogens is 723 g/mol. The van der Waals surface area contributed by atoms with Crippen molar-refractivity contribution in [2.24, 2.45) is 0 Å². The molecule has 0 fully saturated rings. The van der Waals surface area contributed by atoms with Crippen LogP contribution in [0.3, 0.4) is 0 Å². The Labute approximate surface area is 352 Å². The van der Waals surface area contributed by atoms with Gasteiger partial charge in [-0.25, -0.2) is 0 Å². The summed E-state index contributed by atoms with van der Waals surface area (Å²) in [5.74, 6) is 0. The average Bonchev–Trinajstić information content (AvgIpc) is 3.63. The first-order valence-corrected chi connectivity index (χ1v) is 20.8. The summed E-state index contributed by atoms with van der Waals surface area (Å²) in [6, 6.07) is 91.1. The molecule has 10 aromatic rings. The summed E-state index contributed by atoms with van der Waals surface area (Å²) in [4.78, 5) is 2.46. The molecule has 0 aromatic heterocycles. The van der Waals surface area contributed by atoms with Gasteiger partial charge in [-0.1, -0.05) is 206 Å². The summed E-state index contributed by atoms with van der Waals surface area (Å²) in [6.07, 6.45) is 0. The maximum Gasteiger partial charge on any atom is 0.0714 e. The predicted octanol–water partition coefficient (Wildman–Crippen LogP) is 15.7. The van der Waals surface area contributed by atoms with Crippen molar-refractivity contribution in [3.63, 3.8) is 0 Å². The Bertz CT molecular complexity index is 3080. The van der Waals surface area contributed by atoms with Crippen LogP contribution in [-0.4, -0.2) is 0 Å². The molecule has 0 bridgehead atoms. The number of benzene rings is 10. The molecule has 282 valence electrons. The Morgan fingerprint density at radius 1 is 0.267 bits per heavy atom. The van der Waals surface area contributed by atoms with Crippen LogP contribution in [-0.2, 0) is 5.41 Å². The highest BCUT2D eigenvalue weighted by Gasteiger charge is 2.46. The van der Waals surface area contributed by atoms with E-state index in [0.717, 1.165) is 22.6 Å². The highest BCUT2D eigenvalue weighted by Crippen LogP contribution is 2.57. The molecule has 0 amide bonds. The average molecular weight is 764 g/mol. The molecular formula is C59H41N. The number of fused-ring (bicyclic) bond motifs is 4. The smallest absolute Gasteiger partial charge is 0.0714 e. The molecule has 0 saturated carbocycles.